The lowest BCUT2D eigenvalue weighted by atomic mass is 10.1. The number of nitrogens with zero attached hydrogens (tertiary/aromatic N) is 4. The van der Waals surface area contributed by atoms with Gasteiger partial charge in [0.1, 0.15) is 11.6 Å². The van der Waals surface area contributed by atoms with E-state index in [1.807, 2.05) is 19.9 Å². The minimum absolute atomic E-state index is 0.0456. The standard InChI is InChI=1S/C21H26N6O/c1-14-20(15(2)24-23-14)21(28)22-17-9-11-19-26-25-18(27(19)13-12-17)10-8-16-6-4-3-5-7-16/h3-7,17H,8-13H2,1-2H3,(H,22,28)(H,23,24). The van der Waals surface area contributed by atoms with E-state index in [4.69, 9.17) is 0 Å². The van der Waals surface area contributed by atoms with Crippen LogP contribution in [-0.2, 0) is 25.8 Å². The molecule has 2 aromatic heterocycles. The minimum Gasteiger partial charge on any atom is -0.349 e. The van der Waals surface area contributed by atoms with E-state index in [2.05, 4.69) is 54.5 Å². The second-order valence-corrected chi connectivity index (χ2v) is 7.48. The van der Waals surface area contributed by atoms with Gasteiger partial charge in [0.2, 0.25) is 0 Å². The molecule has 7 nitrogen and oxygen atoms in total. The first-order chi connectivity index (χ1) is 13.6. The van der Waals surface area contributed by atoms with Gasteiger partial charge >= 0.3 is 0 Å². The van der Waals surface area contributed by atoms with E-state index in [-0.39, 0.29) is 11.9 Å². The number of nitrogens with one attached hydrogen (secondary N) is 2. The van der Waals surface area contributed by atoms with E-state index in [9.17, 15) is 4.79 Å². The Balaban J connectivity index is 1.39. The third kappa shape index (κ3) is 3.83. The van der Waals surface area contributed by atoms with Gasteiger partial charge < -0.3 is 9.88 Å². The Morgan fingerprint density at radius 1 is 1.18 bits per heavy atom. The van der Waals surface area contributed by atoms with Crippen LogP contribution in [-0.4, -0.2) is 36.9 Å². The summed E-state index contributed by atoms with van der Waals surface area (Å²) in [6, 6.07) is 10.6. The van der Waals surface area contributed by atoms with Crippen LogP contribution in [0.25, 0.3) is 0 Å². The van der Waals surface area contributed by atoms with E-state index < -0.39 is 0 Å². The molecule has 0 fully saturated rings. The van der Waals surface area contributed by atoms with Gasteiger partial charge in [-0.3, -0.25) is 9.89 Å². The van der Waals surface area contributed by atoms with Gasteiger partial charge in [-0.1, -0.05) is 30.3 Å². The zero-order valence-electron chi connectivity index (χ0n) is 16.4. The summed E-state index contributed by atoms with van der Waals surface area (Å²) in [5, 5.41) is 19.0. The van der Waals surface area contributed by atoms with Crippen LogP contribution >= 0.6 is 0 Å². The van der Waals surface area contributed by atoms with E-state index >= 15 is 0 Å². The number of H-pyrrole nitrogens is 1. The molecule has 0 spiro atoms. The number of aromatic amines is 1. The second-order valence-electron chi connectivity index (χ2n) is 7.48. The molecular formula is C21H26N6O. The molecule has 0 aliphatic carbocycles. The molecule has 28 heavy (non-hydrogen) atoms. The summed E-state index contributed by atoms with van der Waals surface area (Å²) in [4.78, 5) is 12.7. The topological polar surface area (TPSA) is 88.5 Å². The van der Waals surface area contributed by atoms with Crippen molar-refractivity contribution in [3.63, 3.8) is 0 Å². The molecule has 3 aromatic rings. The lowest BCUT2D eigenvalue weighted by Crippen LogP contribution is -2.35. The van der Waals surface area contributed by atoms with Crippen molar-refractivity contribution in [2.75, 3.05) is 0 Å². The number of carbonyl (C=O) groups is 1. The number of amides is 1. The molecule has 0 saturated heterocycles. The van der Waals surface area contributed by atoms with Crippen LogP contribution < -0.4 is 5.32 Å². The molecule has 0 saturated carbocycles. The van der Waals surface area contributed by atoms with E-state index in [1.165, 1.54) is 5.56 Å². The number of rotatable bonds is 5. The van der Waals surface area contributed by atoms with Gasteiger partial charge in [-0.2, -0.15) is 5.10 Å². The average molecular weight is 378 g/mol. The molecule has 1 aliphatic heterocycles. The summed E-state index contributed by atoms with van der Waals surface area (Å²) < 4.78 is 2.24. The summed E-state index contributed by atoms with van der Waals surface area (Å²) in [6.07, 6.45) is 4.41. The molecule has 0 radical (unpaired) electrons. The zero-order chi connectivity index (χ0) is 19.5. The van der Waals surface area contributed by atoms with Crippen molar-refractivity contribution in [1.82, 2.24) is 30.3 Å². The predicted octanol–water partition coefficient (Wildman–Crippen LogP) is 2.54. The average Bonchev–Trinajstić information content (AvgIpc) is 3.18. The van der Waals surface area contributed by atoms with Crippen molar-refractivity contribution in [1.29, 1.82) is 0 Å². The minimum atomic E-state index is -0.0456. The monoisotopic (exact) mass is 378 g/mol. The van der Waals surface area contributed by atoms with Crippen LogP contribution in [0, 0.1) is 13.8 Å². The fourth-order valence-corrected chi connectivity index (χ4v) is 3.92. The molecule has 0 bridgehead atoms. The quantitative estimate of drug-likeness (QED) is 0.714. The highest BCUT2D eigenvalue weighted by atomic mass is 16.1. The summed E-state index contributed by atoms with van der Waals surface area (Å²) >= 11 is 0. The van der Waals surface area contributed by atoms with Crippen molar-refractivity contribution in [3.05, 3.63) is 64.5 Å². The van der Waals surface area contributed by atoms with Crippen LogP contribution in [0.15, 0.2) is 30.3 Å². The number of hydrogen-bond acceptors (Lipinski definition) is 4. The Morgan fingerprint density at radius 2 is 2.00 bits per heavy atom. The number of fused-ring (bicyclic) bond motifs is 1. The predicted molar refractivity (Wildman–Crippen MR) is 106 cm³/mol. The van der Waals surface area contributed by atoms with Crippen LogP contribution in [0.5, 0.6) is 0 Å². The van der Waals surface area contributed by atoms with Gasteiger partial charge in [-0.05, 0) is 38.7 Å². The number of aryl methyl sites for hydroxylation is 5. The highest BCUT2D eigenvalue weighted by Gasteiger charge is 2.23. The number of hydrogen-bond donors (Lipinski definition) is 2. The van der Waals surface area contributed by atoms with Crippen molar-refractivity contribution in [2.45, 2.75) is 58.5 Å². The molecule has 4 rings (SSSR count). The number of aromatic nitrogens is 5. The number of benzene rings is 1. The van der Waals surface area contributed by atoms with E-state index in [0.29, 0.717) is 5.56 Å². The normalized spacial score (nSPS) is 16.4. The van der Waals surface area contributed by atoms with Crippen molar-refractivity contribution >= 4 is 5.91 Å². The van der Waals surface area contributed by atoms with Gasteiger partial charge in [0.15, 0.2) is 0 Å². The fourth-order valence-electron chi connectivity index (χ4n) is 3.92. The molecule has 7 heteroatoms. The molecule has 1 amide bonds. The molecule has 1 aromatic carbocycles. The Kier molecular flexibility index (Phi) is 5.23. The summed E-state index contributed by atoms with van der Waals surface area (Å²) in [5.74, 6) is 2.01. The smallest absolute Gasteiger partial charge is 0.255 e. The maximum Gasteiger partial charge on any atom is 0.255 e. The Bertz CT molecular complexity index is 939. The Hall–Kier alpha value is -2.96. The molecule has 146 valence electrons. The zero-order valence-corrected chi connectivity index (χ0v) is 16.4. The van der Waals surface area contributed by atoms with E-state index in [0.717, 1.165) is 61.7 Å². The summed E-state index contributed by atoms with van der Waals surface area (Å²) in [7, 11) is 0. The maximum atomic E-state index is 12.7. The van der Waals surface area contributed by atoms with Crippen molar-refractivity contribution in [2.24, 2.45) is 0 Å². The lowest BCUT2D eigenvalue weighted by Gasteiger charge is -2.16. The highest BCUT2D eigenvalue weighted by molar-refractivity contribution is 5.96. The SMILES string of the molecule is Cc1n[nH]c(C)c1C(=O)NC1CCc2nnc(CCc3ccccc3)n2CC1. The van der Waals surface area contributed by atoms with Crippen LogP contribution in [0.1, 0.15) is 51.8 Å². The molecule has 1 aliphatic rings. The third-order valence-electron chi connectivity index (χ3n) is 5.49. The summed E-state index contributed by atoms with van der Waals surface area (Å²) in [6.45, 7) is 4.56. The largest absolute Gasteiger partial charge is 0.349 e. The van der Waals surface area contributed by atoms with Crippen molar-refractivity contribution < 1.29 is 4.79 Å². The Morgan fingerprint density at radius 3 is 2.75 bits per heavy atom. The maximum absolute atomic E-state index is 12.7. The van der Waals surface area contributed by atoms with E-state index in [1.54, 1.807) is 0 Å². The number of carbonyl (C=O) groups excluding carboxylic acids is 1. The molecular weight excluding hydrogens is 352 g/mol. The first-order valence-corrected chi connectivity index (χ1v) is 9.89. The van der Waals surface area contributed by atoms with Gasteiger partial charge in [0.05, 0.1) is 11.3 Å². The molecule has 1 atom stereocenters. The first kappa shape index (κ1) is 18.4. The fraction of sp³-hybridized carbons (Fsp3) is 0.429. The Labute approximate surface area is 164 Å². The molecule has 3 heterocycles. The van der Waals surface area contributed by atoms with Crippen LogP contribution in [0.2, 0.25) is 0 Å². The van der Waals surface area contributed by atoms with Crippen LogP contribution in [0.4, 0.5) is 0 Å². The summed E-state index contributed by atoms with van der Waals surface area (Å²) in [5.41, 5.74) is 3.52. The molecule has 2 N–H and O–H groups in total. The van der Waals surface area contributed by atoms with Crippen LogP contribution in [0.3, 0.4) is 0 Å². The first-order valence-electron chi connectivity index (χ1n) is 9.89. The van der Waals surface area contributed by atoms with Gasteiger partial charge in [0, 0.05) is 31.1 Å². The molecule has 1 unspecified atom stereocenters. The second kappa shape index (κ2) is 7.96. The van der Waals surface area contributed by atoms with Crippen molar-refractivity contribution in [3.8, 4) is 0 Å². The third-order valence-corrected chi connectivity index (χ3v) is 5.49. The van der Waals surface area contributed by atoms with Gasteiger partial charge in [-0.25, -0.2) is 0 Å². The van der Waals surface area contributed by atoms with Gasteiger partial charge in [-0.15, -0.1) is 10.2 Å². The van der Waals surface area contributed by atoms with Gasteiger partial charge in [0.25, 0.3) is 5.91 Å². The highest BCUT2D eigenvalue weighted by Crippen LogP contribution is 2.18. The lowest BCUT2D eigenvalue weighted by molar-refractivity contribution is 0.0931.